The number of rotatable bonds is 1. The van der Waals surface area contributed by atoms with Crippen molar-refractivity contribution in [2.45, 2.75) is 19.1 Å². The molecule has 0 radical (unpaired) electrons. The molecule has 4 nitrogen and oxygen atoms in total. The molecule has 1 aromatic carbocycles. The van der Waals surface area contributed by atoms with Crippen molar-refractivity contribution in [3.8, 4) is 0 Å². The summed E-state index contributed by atoms with van der Waals surface area (Å²) in [7, 11) is 0. The van der Waals surface area contributed by atoms with Crippen molar-refractivity contribution in [1.29, 1.82) is 0 Å². The summed E-state index contributed by atoms with van der Waals surface area (Å²) in [5.74, 6) is -0.990. The summed E-state index contributed by atoms with van der Waals surface area (Å²) in [5, 5.41) is 0. The monoisotopic (exact) mass is 333 g/mol. The number of imide groups is 1. The van der Waals surface area contributed by atoms with Crippen LogP contribution in [0, 0.1) is 18.8 Å². The first-order valence-electron chi connectivity index (χ1n) is 6.55. The standard InChI is InChI=1S/C15H12BrNO3/c1-7-2-3-8(6-9(7)16)17-14(18)12-10-4-5-11(20-10)13(12)15(17)19/h2-6,10-13H,1H3/t10-,11-,12-,13+/m1/s1. The third-order valence-electron chi connectivity index (χ3n) is 4.32. The van der Waals surface area contributed by atoms with E-state index in [0.717, 1.165) is 10.0 Å². The first-order valence-corrected chi connectivity index (χ1v) is 7.35. The lowest BCUT2D eigenvalue weighted by Gasteiger charge is -2.18. The Bertz CT molecular complexity index is 639. The zero-order valence-electron chi connectivity index (χ0n) is 10.7. The van der Waals surface area contributed by atoms with Gasteiger partial charge in [-0.2, -0.15) is 0 Å². The average Bonchev–Trinajstić information content (AvgIpc) is 3.08. The fourth-order valence-corrected chi connectivity index (χ4v) is 3.65. The lowest BCUT2D eigenvalue weighted by molar-refractivity contribution is -0.124. The van der Waals surface area contributed by atoms with Crippen molar-refractivity contribution in [3.05, 3.63) is 40.4 Å². The first kappa shape index (κ1) is 12.3. The van der Waals surface area contributed by atoms with E-state index in [4.69, 9.17) is 4.74 Å². The van der Waals surface area contributed by atoms with E-state index in [-0.39, 0.29) is 35.9 Å². The second-order valence-electron chi connectivity index (χ2n) is 5.45. The number of amides is 2. The van der Waals surface area contributed by atoms with Crippen molar-refractivity contribution in [3.63, 3.8) is 0 Å². The summed E-state index contributed by atoms with van der Waals surface area (Å²) in [6.45, 7) is 1.97. The van der Waals surface area contributed by atoms with Gasteiger partial charge >= 0.3 is 0 Å². The highest BCUT2D eigenvalue weighted by Gasteiger charge is 2.60. The zero-order valence-corrected chi connectivity index (χ0v) is 12.3. The molecular weight excluding hydrogens is 322 g/mol. The molecule has 4 rings (SSSR count). The fourth-order valence-electron chi connectivity index (χ4n) is 3.28. The molecular formula is C15H12BrNO3. The second-order valence-corrected chi connectivity index (χ2v) is 6.30. The maximum absolute atomic E-state index is 12.6. The normalized spacial score (nSPS) is 34.2. The Morgan fingerprint density at radius 1 is 1.10 bits per heavy atom. The van der Waals surface area contributed by atoms with Gasteiger partial charge in [-0.1, -0.05) is 34.1 Å². The van der Waals surface area contributed by atoms with Gasteiger partial charge in [0.05, 0.1) is 29.7 Å². The minimum absolute atomic E-state index is 0.146. The van der Waals surface area contributed by atoms with E-state index in [2.05, 4.69) is 15.9 Å². The van der Waals surface area contributed by atoms with Gasteiger partial charge in [-0.05, 0) is 24.6 Å². The van der Waals surface area contributed by atoms with E-state index < -0.39 is 0 Å². The van der Waals surface area contributed by atoms with Crippen LogP contribution in [0.2, 0.25) is 0 Å². The molecule has 1 aromatic rings. The molecule has 102 valence electrons. The molecule has 4 atom stereocenters. The minimum Gasteiger partial charge on any atom is -0.365 e. The van der Waals surface area contributed by atoms with E-state index >= 15 is 0 Å². The maximum atomic E-state index is 12.6. The SMILES string of the molecule is Cc1ccc(N2C(=O)[C@@H]3[C@H](C2=O)[C@H]2C=C[C@H]3O2)cc1Br. The lowest BCUT2D eigenvalue weighted by atomic mass is 9.85. The highest BCUT2D eigenvalue weighted by Crippen LogP contribution is 2.46. The number of fused-ring (bicyclic) bond motifs is 5. The van der Waals surface area contributed by atoms with Crippen LogP contribution in [-0.4, -0.2) is 24.0 Å². The molecule has 0 saturated carbocycles. The van der Waals surface area contributed by atoms with Gasteiger partial charge in [0.2, 0.25) is 11.8 Å². The molecule has 2 amide bonds. The summed E-state index contributed by atoms with van der Waals surface area (Å²) in [5.41, 5.74) is 1.70. The third-order valence-corrected chi connectivity index (χ3v) is 5.18. The molecule has 0 aliphatic carbocycles. The van der Waals surface area contributed by atoms with Gasteiger partial charge in [0.1, 0.15) is 0 Å². The number of nitrogens with zero attached hydrogens (tertiary/aromatic N) is 1. The Kier molecular flexibility index (Phi) is 2.47. The Morgan fingerprint density at radius 2 is 1.70 bits per heavy atom. The molecule has 2 bridgehead atoms. The Hall–Kier alpha value is -1.46. The van der Waals surface area contributed by atoms with Gasteiger partial charge in [-0.25, -0.2) is 4.90 Å². The van der Waals surface area contributed by atoms with Gasteiger partial charge < -0.3 is 4.74 Å². The zero-order chi connectivity index (χ0) is 14.0. The van der Waals surface area contributed by atoms with Gasteiger partial charge in [-0.15, -0.1) is 0 Å². The fraction of sp³-hybridized carbons (Fsp3) is 0.333. The van der Waals surface area contributed by atoms with Crippen molar-refractivity contribution in [2.75, 3.05) is 4.90 Å². The van der Waals surface area contributed by atoms with Gasteiger partial charge in [0, 0.05) is 4.47 Å². The summed E-state index contributed by atoms with van der Waals surface area (Å²) >= 11 is 3.44. The summed E-state index contributed by atoms with van der Waals surface area (Å²) in [6, 6.07) is 5.53. The Balaban J connectivity index is 1.76. The smallest absolute Gasteiger partial charge is 0.240 e. The van der Waals surface area contributed by atoms with Crippen molar-refractivity contribution in [1.82, 2.24) is 0 Å². The first-order chi connectivity index (χ1) is 9.58. The van der Waals surface area contributed by atoms with Crippen LogP contribution in [0.3, 0.4) is 0 Å². The number of hydrogen-bond acceptors (Lipinski definition) is 3. The number of aryl methyl sites for hydroxylation is 1. The molecule has 2 fully saturated rings. The van der Waals surface area contributed by atoms with Crippen LogP contribution >= 0.6 is 15.9 Å². The second kappa shape index (κ2) is 4.02. The average molecular weight is 334 g/mol. The minimum atomic E-state index is -0.349. The van der Waals surface area contributed by atoms with E-state index in [1.807, 2.05) is 37.3 Å². The van der Waals surface area contributed by atoms with Gasteiger partial charge in [0.25, 0.3) is 0 Å². The van der Waals surface area contributed by atoms with E-state index in [9.17, 15) is 9.59 Å². The molecule has 5 heteroatoms. The maximum Gasteiger partial charge on any atom is 0.240 e. The predicted octanol–water partition coefficient (Wildman–Crippen LogP) is 2.20. The summed E-state index contributed by atoms with van der Waals surface area (Å²) in [6.07, 6.45) is 3.32. The van der Waals surface area contributed by atoms with Crippen molar-refractivity contribution < 1.29 is 14.3 Å². The van der Waals surface area contributed by atoms with Crippen molar-refractivity contribution >= 4 is 33.4 Å². The highest BCUT2D eigenvalue weighted by molar-refractivity contribution is 9.10. The molecule has 3 aliphatic heterocycles. The molecule has 3 aliphatic rings. The Labute approximate surface area is 124 Å². The highest BCUT2D eigenvalue weighted by atomic mass is 79.9. The van der Waals surface area contributed by atoms with Crippen LogP contribution in [0.5, 0.6) is 0 Å². The van der Waals surface area contributed by atoms with Crippen molar-refractivity contribution in [2.24, 2.45) is 11.8 Å². The number of anilines is 1. The summed E-state index contributed by atoms with van der Waals surface area (Å²) < 4.78 is 6.51. The van der Waals surface area contributed by atoms with Gasteiger partial charge in [0.15, 0.2) is 0 Å². The molecule has 3 heterocycles. The van der Waals surface area contributed by atoms with Crippen LogP contribution in [0.1, 0.15) is 5.56 Å². The van der Waals surface area contributed by atoms with Crippen LogP contribution in [0.4, 0.5) is 5.69 Å². The van der Waals surface area contributed by atoms with E-state index in [1.165, 1.54) is 4.90 Å². The van der Waals surface area contributed by atoms with Crippen LogP contribution in [0.25, 0.3) is 0 Å². The molecule has 0 unspecified atom stereocenters. The van der Waals surface area contributed by atoms with Crippen LogP contribution in [-0.2, 0) is 14.3 Å². The number of carbonyl (C=O) groups is 2. The topological polar surface area (TPSA) is 46.6 Å². The molecule has 2 saturated heterocycles. The quantitative estimate of drug-likeness (QED) is 0.584. The number of benzene rings is 1. The third kappa shape index (κ3) is 1.45. The molecule has 20 heavy (non-hydrogen) atoms. The van der Waals surface area contributed by atoms with E-state index in [0.29, 0.717) is 5.69 Å². The van der Waals surface area contributed by atoms with Gasteiger partial charge in [-0.3, -0.25) is 9.59 Å². The van der Waals surface area contributed by atoms with Crippen LogP contribution < -0.4 is 4.90 Å². The lowest BCUT2D eigenvalue weighted by Crippen LogP contribution is -2.34. The molecule has 0 N–H and O–H groups in total. The molecule has 0 aromatic heterocycles. The largest absolute Gasteiger partial charge is 0.365 e. The van der Waals surface area contributed by atoms with E-state index in [1.54, 1.807) is 0 Å². The number of hydrogen-bond donors (Lipinski definition) is 0. The number of ether oxygens (including phenoxy) is 1. The predicted molar refractivity (Wildman–Crippen MR) is 76.2 cm³/mol. The summed E-state index contributed by atoms with van der Waals surface area (Å²) in [4.78, 5) is 26.4. The Morgan fingerprint density at radius 3 is 2.25 bits per heavy atom. The number of halogens is 1. The molecule has 0 spiro atoms. The van der Waals surface area contributed by atoms with Crippen LogP contribution in [0.15, 0.2) is 34.8 Å². The number of carbonyl (C=O) groups excluding carboxylic acids is 2.